The normalized spacial score (nSPS) is 10.1. The predicted molar refractivity (Wildman–Crippen MR) is 51.4 cm³/mol. The fourth-order valence-electron chi connectivity index (χ4n) is 1.13. The number of carbonyl (C=O) groups excluding carboxylic acids is 1. The molecule has 0 amide bonds. The lowest BCUT2D eigenvalue weighted by atomic mass is 10.1. The molecule has 0 spiro atoms. The quantitative estimate of drug-likeness (QED) is 0.680. The van der Waals surface area contributed by atoms with Crippen LogP contribution in [0.2, 0.25) is 0 Å². The number of nitrogen functional groups attached to an aromatic ring is 1. The van der Waals surface area contributed by atoms with E-state index in [2.05, 4.69) is 9.97 Å². The van der Waals surface area contributed by atoms with E-state index in [0.29, 0.717) is 0 Å². The minimum absolute atomic E-state index is 0.0172. The van der Waals surface area contributed by atoms with Crippen molar-refractivity contribution in [2.45, 2.75) is 0 Å². The van der Waals surface area contributed by atoms with Crippen LogP contribution in [0.4, 0.5) is 5.82 Å². The van der Waals surface area contributed by atoms with Crippen LogP contribution in [0.15, 0.2) is 33.8 Å². The highest BCUT2D eigenvalue weighted by molar-refractivity contribution is 6.09. The van der Waals surface area contributed by atoms with Gasteiger partial charge in [-0.25, -0.2) is 9.78 Å². The first kappa shape index (κ1) is 9.20. The third kappa shape index (κ3) is 1.64. The Morgan fingerprint density at radius 2 is 2.33 bits per heavy atom. The van der Waals surface area contributed by atoms with E-state index < -0.39 is 11.5 Å². The molecule has 0 aliphatic rings. The summed E-state index contributed by atoms with van der Waals surface area (Å²) in [5.74, 6) is -0.284. The standard InChI is InChI=1S/C9H7N3O3/c10-8-5(4-11-9(14)12-8)7(13)6-2-1-3-15-6/h1-4H,(H3,10,11,12,14). The van der Waals surface area contributed by atoms with Crippen LogP contribution in [0.1, 0.15) is 16.1 Å². The number of nitrogens with zero attached hydrogens (tertiary/aromatic N) is 1. The lowest BCUT2D eigenvalue weighted by molar-refractivity contribution is 0.101. The SMILES string of the molecule is Nc1[nH]c(=O)ncc1C(=O)c1ccco1. The molecular formula is C9H7N3O3. The summed E-state index contributed by atoms with van der Waals surface area (Å²) >= 11 is 0. The summed E-state index contributed by atoms with van der Waals surface area (Å²) in [6.45, 7) is 0. The van der Waals surface area contributed by atoms with Crippen molar-refractivity contribution in [3.8, 4) is 0 Å². The number of aromatic amines is 1. The number of anilines is 1. The van der Waals surface area contributed by atoms with Crippen LogP contribution in [0.25, 0.3) is 0 Å². The third-order valence-corrected chi connectivity index (χ3v) is 1.83. The van der Waals surface area contributed by atoms with Crippen molar-refractivity contribution in [2.24, 2.45) is 0 Å². The Balaban J connectivity index is 2.47. The summed E-state index contributed by atoms with van der Waals surface area (Å²) in [7, 11) is 0. The molecule has 2 heterocycles. The first-order valence-corrected chi connectivity index (χ1v) is 4.11. The monoisotopic (exact) mass is 205 g/mol. The second-order valence-electron chi connectivity index (χ2n) is 2.82. The number of nitrogens with one attached hydrogen (secondary N) is 1. The molecule has 2 rings (SSSR count). The van der Waals surface area contributed by atoms with E-state index in [1.807, 2.05) is 0 Å². The predicted octanol–water partition coefficient (Wildman–Crippen LogP) is 0.176. The molecule has 2 aromatic heterocycles. The highest BCUT2D eigenvalue weighted by Crippen LogP contribution is 2.12. The molecule has 0 radical (unpaired) electrons. The number of hydrogen-bond donors (Lipinski definition) is 2. The molecule has 0 aliphatic carbocycles. The lowest BCUT2D eigenvalue weighted by Crippen LogP contribution is -2.16. The summed E-state index contributed by atoms with van der Waals surface area (Å²) in [4.78, 5) is 28.1. The highest BCUT2D eigenvalue weighted by Gasteiger charge is 2.15. The Kier molecular flexibility index (Phi) is 2.09. The van der Waals surface area contributed by atoms with E-state index in [1.165, 1.54) is 12.3 Å². The van der Waals surface area contributed by atoms with Gasteiger partial charge in [0.1, 0.15) is 5.82 Å². The number of ketones is 1. The zero-order valence-corrected chi connectivity index (χ0v) is 7.56. The summed E-state index contributed by atoms with van der Waals surface area (Å²) in [6.07, 6.45) is 2.50. The second kappa shape index (κ2) is 3.41. The third-order valence-electron chi connectivity index (χ3n) is 1.83. The first-order valence-electron chi connectivity index (χ1n) is 4.11. The van der Waals surface area contributed by atoms with Crippen molar-refractivity contribution < 1.29 is 9.21 Å². The van der Waals surface area contributed by atoms with Crippen molar-refractivity contribution in [3.05, 3.63) is 46.4 Å². The maximum atomic E-state index is 11.7. The number of aromatic nitrogens is 2. The van der Waals surface area contributed by atoms with Gasteiger partial charge < -0.3 is 10.2 Å². The number of nitrogens with two attached hydrogens (primary N) is 1. The average molecular weight is 205 g/mol. The number of furan rings is 1. The van der Waals surface area contributed by atoms with Gasteiger partial charge >= 0.3 is 5.69 Å². The smallest absolute Gasteiger partial charge is 0.346 e. The maximum absolute atomic E-state index is 11.7. The minimum atomic E-state index is -0.594. The van der Waals surface area contributed by atoms with E-state index in [-0.39, 0.29) is 17.1 Å². The van der Waals surface area contributed by atoms with Crippen LogP contribution in [0.3, 0.4) is 0 Å². The minimum Gasteiger partial charge on any atom is -0.461 e. The van der Waals surface area contributed by atoms with Crippen LogP contribution in [0.5, 0.6) is 0 Å². The summed E-state index contributed by atoms with van der Waals surface area (Å²) in [6, 6.07) is 3.09. The van der Waals surface area contributed by atoms with E-state index >= 15 is 0 Å². The van der Waals surface area contributed by atoms with Gasteiger partial charge in [-0.3, -0.25) is 9.78 Å². The Morgan fingerprint density at radius 1 is 1.53 bits per heavy atom. The van der Waals surface area contributed by atoms with Gasteiger partial charge in [0.05, 0.1) is 11.8 Å². The fraction of sp³-hybridized carbons (Fsp3) is 0. The van der Waals surface area contributed by atoms with E-state index in [4.69, 9.17) is 10.2 Å². The van der Waals surface area contributed by atoms with Gasteiger partial charge in [-0.2, -0.15) is 0 Å². The number of H-pyrrole nitrogens is 1. The highest BCUT2D eigenvalue weighted by atomic mass is 16.3. The van der Waals surface area contributed by atoms with E-state index in [9.17, 15) is 9.59 Å². The fourth-order valence-corrected chi connectivity index (χ4v) is 1.13. The van der Waals surface area contributed by atoms with E-state index in [0.717, 1.165) is 6.20 Å². The number of carbonyl (C=O) groups is 1. The topological polar surface area (TPSA) is 102 Å². The average Bonchev–Trinajstić information content (AvgIpc) is 2.69. The molecule has 0 bridgehead atoms. The first-order chi connectivity index (χ1) is 7.18. The molecule has 0 aromatic carbocycles. The van der Waals surface area contributed by atoms with Gasteiger partial charge in [0.15, 0.2) is 5.76 Å². The molecule has 6 nitrogen and oxygen atoms in total. The molecule has 0 atom stereocenters. The summed E-state index contributed by atoms with van der Waals surface area (Å²) in [5.41, 5.74) is 4.99. The van der Waals surface area contributed by atoms with E-state index in [1.54, 1.807) is 6.07 Å². The van der Waals surface area contributed by atoms with Crippen molar-refractivity contribution in [3.63, 3.8) is 0 Å². The molecule has 2 aromatic rings. The summed E-state index contributed by atoms with van der Waals surface area (Å²) in [5, 5.41) is 0. The van der Waals surface area contributed by atoms with Gasteiger partial charge in [-0.1, -0.05) is 0 Å². The molecule has 0 saturated carbocycles. The Hall–Kier alpha value is -2.37. The zero-order valence-electron chi connectivity index (χ0n) is 7.56. The maximum Gasteiger partial charge on any atom is 0.346 e. The lowest BCUT2D eigenvalue weighted by Gasteiger charge is -1.99. The molecule has 0 fully saturated rings. The van der Waals surface area contributed by atoms with Gasteiger partial charge in [0.25, 0.3) is 0 Å². The van der Waals surface area contributed by atoms with Gasteiger partial charge in [0, 0.05) is 6.20 Å². The van der Waals surface area contributed by atoms with Crippen molar-refractivity contribution in [1.29, 1.82) is 0 Å². The molecule has 0 saturated heterocycles. The Bertz CT molecular complexity index is 542. The van der Waals surface area contributed by atoms with Crippen LogP contribution in [-0.2, 0) is 0 Å². The molecule has 3 N–H and O–H groups in total. The molecule has 0 unspecified atom stereocenters. The molecule has 76 valence electrons. The van der Waals surface area contributed by atoms with Gasteiger partial charge in [-0.15, -0.1) is 0 Å². The molecule has 6 heteroatoms. The van der Waals surface area contributed by atoms with Crippen molar-refractivity contribution >= 4 is 11.6 Å². The van der Waals surface area contributed by atoms with Crippen LogP contribution in [0, 0.1) is 0 Å². The van der Waals surface area contributed by atoms with Crippen LogP contribution < -0.4 is 11.4 Å². The largest absolute Gasteiger partial charge is 0.461 e. The van der Waals surface area contributed by atoms with Gasteiger partial charge in [0.2, 0.25) is 5.78 Å². The van der Waals surface area contributed by atoms with Gasteiger partial charge in [-0.05, 0) is 12.1 Å². The van der Waals surface area contributed by atoms with Crippen molar-refractivity contribution in [2.75, 3.05) is 5.73 Å². The Labute approximate surface area is 83.7 Å². The van der Waals surface area contributed by atoms with Crippen molar-refractivity contribution in [1.82, 2.24) is 9.97 Å². The number of hydrogen-bond acceptors (Lipinski definition) is 5. The zero-order chi connectivity index (χ0) is 10.8. The molecular weight excluding hydrogens is 198 g/mol. The number of rotatable bonds is 2. The Morgan fingerprint density at radius 3 is 2.93 bits per heavy atom. The molecule has 0 aliphatic heterocycles. The molecule has 15 heavy (non-hydrogen) atoms. The van der Waals surface area contributed by atoms with Crippen LogP contribution >= 0.6 is 0 Å². The summed E-state index contributed by atoms with van der Waals surface area (Å²) < 4.78 is 4.91. The second-order valence-corrected chi connectivity index (χ2v) is 2.82. The van der Waals surface area contributed by atoms with Crippen LogP contribution in [-0.4, -0.2) is 15.8 Å².